The molecule has 0 atom stereocenters. The van der Waals surface area contributed by atoms with Crippen molar-refractivity contribution in [1.29, 1.82) is 0 Å². The standard InChI is InChI=1S/C23H25N5O2S/c1-28-7-6-17-18(12-28)31-22(25-17)21(30)24-14-10-23(11-14)8-13(9-23)19-15-4-2-3-5-16(15)20(29)27-26-19/h2-5,13-14H,6-12H2,1H3,(H,24,30)(H,27,29)/t13-,14-,23?. The van der Waals surface area contributed by atoms with E-state index in [1.54, 1.807) is 11.3 Å². The van der Waals surface area contributed by atoms with Gasteiger partial charge in [0.05, 0.1) is 16.8 Å². The van der Waals surface area contributed by atoms with Gasteiger partial charge in [-0.05, 0) is 44.2 Å². The highest BCUT2D eigenvalue weighted by Crippen LogP contribution is 2.62. The maximum Gasteiger partial charge on any atom is 0.280 e. The van der Waals surface area contributed by atoms with Crippen molar-refractivity contribution >= 4 is 28.0 Å². The van der Waals surface area contributed by atoms with Gasteiger partial charge >= 0.3 is 0 Å². The molecule has 0 bridgehead atoms. The number of carbonyl (C=O) groups excluding carboxylic acids is 1. The van der Waals surface area contributed by atoms with E-state index in [1.165, 1.54) is 4.88 Å². The molecule has 6 rings (SSSR count). The third kappa shape index (κ3) is 3.20. The van der Waals surface area contributed by atoms with Crippen LogP contribution in [0.4, 0.5) is 0 Å². The second kappa shape index (κ2) is 6.97. The molecule has 3 aromatic rings. The van der Waals surface area contributed by atoms with Crippen LogP contribution in [0.5, 0.6) is 0 Å². The Hall–Kier alpha value is -2.58. The second-order valence-corrected chi connectivity index (χ2v) is 10.6. The Morgan fingerprint density at radius 3 is 2.81 bits per heavy atom. The van der Waals surface area contributed by atoms with Crippen molar-refractivity contribution in [3.05, 3.63) is 55.9 Å². The summed E-state index contributed by atoms with van der Waals surface area (Å²) in [4.78, 5) is 32.8. The summed E-state index contributed by atoms with van der Waals surface area (Å²) in [6.45, 7) is 1.89. The Labute approximate surface area is 183 Å². The Morgan fingerprint density at radius 2 is 2.00 bits per heavy atom. The van der Waals surface area contributed by atoms with Crippen LogP contribution in [0.1, 0.15) is 57.7 Å². The van der Waals surface area contributed by atoms with Crippen LogP contribution in [0.15, 0.2) is 29.1 Å². The van der Waals surface area contributed by atoms with Crippen LogP contribution >= 0.6 is 11.3 Å². The number of hydrogen-bond acceptors (Lipinski definition) is 6. The smallest absolute Gasteiger partial charge is 0.280 e. The van der Waals surface area contributed by atoms with Crippen molar-refractivity contribution in [2.45, 2.75) is 50.6 Å². The lowest BCUT2D eigenvalue weighted by Crippen LogP contribution is -2.55. The van der Waals surface area contributed by atoms with Crippen molar-refractivity contribution in [3.8, 4) is 0 Å². The topological polar surface area (TPSA) is 91.0 Å². The van der Waals surface area contributed by atoms with Crippen LogP contribution in [0, 0.1) is 5.41 Å². The summed E-state index contributed by atoms with van der Waals surface area (Å²) < 4.78 is 0. The maximum atomic E-state index is 12.7. The van der Waals surface area contributed by atoms with Crippen LogP contribution in [0.3, 0.4) is 0 Å². The third-order valence-corrected chi connectivity index (χ3v) is 8.36. The van der Waals surface area contributed by atoms with Gasteiger partial charge in [-0.1, -0.05) is 18.2 Å². The van der Waals surface area contributed by atoms with E-state index in [-0.39, 0.29) is 17.5 Å². The van der Waals surface area contributed by atoms with Gasteiger partial charge in [-0.2, -0.15) is 5.10 Å². The molecule has 3 heterocycles. The van der Waals surface area contributed by atoms with Gasteiger partial charge in [-0.3, -0.25) is 9.59 Å². The number of aromatic amines is 1. The number of likely N-dealkylation sites (N-methyl/N-ethyl adjacent to an activating group) is 1. The van der Waals surface area contributed by atoms with E-state index < -0.39 is 0 Å². The molecule has 8 heteroatoms. The van der Waals surface area contributed by atoms with E-state index in [2.05, 4.69) is 32.4 Å². The minimum Gasteiger partial charge on any atom is -0.347 e. The summed E-state index contributed by atoms with van der Waals surface area (Å²) in [5.41, 5.74) is 2.29. The second-order valence-electron chi connectivity index (χ2n) is 9.54. The molecule has 0 unspecified atom stereocenters. The molecular formula is C23H25N5O2S. The zero-order valence-electron chi connectivity index (χ0n) is 17.5. The number of hydrogen-bond donors (Lipinski definition) is 2. The fourth-order valence-electron chi connectivity index (χ4n) is 5.71. The zero-order chi connectivity index (χ0) is 21.2. The highest BCUT2D eigenvalue weighted by Gasteiger charge is 2.54. The summed E-state index contributed by atoms with van der Waals surface area (Å²) in [5.74, 6) is 0.354. The molecule has 3 aliphatic rings. The van der Waals surface area contributed by atoms with Gasteiger partial charge in [0.2, 0.25) is 0 Å². The van der Waals surface area contributed by atoms with Crippen LogP contribution in [-0.4, -0.2) is 45.6 Å². The van der Waals surface area contributed by atoms with Crippen LogP contribution < -0.4 is 10.9 Å². The average Bonchev–Trinajstić information content (AvgIpc) is 3.13. The minimum absolute atomic E-state index is 0.0222. The van der Waals surface area contributed by atoms with Gasteiger partial charge in [0, 0.05) is 41.7 Å². The molecule has 2 N–H and O–H groups in total. The Bertz CT molecular complexity index is 1230. The Balaban J connectivity index is 1.08. The first-order chi connectivity index (χ1) is 15.0. The molecule has 31 heavy (non-hydrogen) atoms. The van der Waals surface area contributed by atoms with Crippen LogP contribution in [0.2, 0.25) is 0 Å². The monoisotopic (exact) mass is 435 g/mol. The Morgan fingerprint density at radius 1 is 1.23 bits per heavy atom. The highest BCUT2D eigenvalue weighted by atomic mass is 32.1. The molecule has 0 radical (unpaired) electrons. The number of nitrogens with zero attached hydrogens (tertiary/aromatic N) is 3. The van der Waals surface area contributed by atoms with E-state index in [9.17, 15) is 9.59 Å². The molecule has 1 aliphatic heterocycles. The summed E-state index contributed by atoms with van der Waals surface area (Å²) >= 11 is 1.54. The lowest BCUT2D eigenvalue weighted by atomic mass is 9.49. The number of rotatable bonds is 3. The van der Waals surface area contributed by atoms with E-state index in [0.717, 1.165) is 62.0 Å². The molecule has 2 aliphatic carbocycles. The molecular weight excluding hydrogens is 410 g/mol. The van der Waals surface area contributed by atoms with Gasteiger partial charge in [0.25, 0.3) is 11.5 Å². The quantitative estimate of drug-likeness (QED) is 0.660. The predicted molar refractivity (Wildman–Crippen MR) is 119 cm³/mol. The molecule has 2 saturated carbocycles. The van der Waals surface area contributed by atoms with Crippen molar-refractivity contribution < 1.29 is 4.79 Å². The molecule has 7 nitrogen and oxygen atoms in total. The molecule has 1 spiro atoms. The third-order valence-electron chi connectivity index (χ3n) is 7.28. The predicted octanol–water partition coefficient (Wildman–Crippen LogP) is 2.82. The fraction of sp³-hybridized carbons (Fsp3) is 0.478. The molecule has 2 fully saturated rings. The first-order valence-electron chi connectivity index (χ1n) is 10.9. The largest absolute Gasteiger partial charge is 0.347 e. The lowest BCUT2D eigenvalue weighted by molar-refractivity contribution is -0.0196. The minimum atomic E-state index is -0.129. The molecule has 2 aromatic heterocycles. The van der Waals surface area contributed by atoms with Crippen molar-refractivity contribution in [2.24, 2.45) is 5.41 Å². The van der Waals surface area contributed by atoms with Gasteiger partial charge in [0.15, 0.2) is 5.01 Å². The summed E-state index contributed by atoms with van der Waals surface area (Å²) in [6, 6.07) is 7.94. The van der Waals surface area contributed by atoms with Gasteiger partial charge in [-0.25, -0.2) is 10.1 Å². The van der Waals surface area contributed by atoms with Crippen LogP contribution in [-0.2, 0) is 13.0 Å². The van der Waals surface area contributed by atoms with Gasteiger partial charge in [0.1, 0.15) is 0 Å². The van der Waals surface area contributed by atoms with Crippen molar-refractivity contribution in [3.63, 3.8) is 0 Å². The molecule has 1 aromatic carbocycles. The fourth-order valence-corrected chi connectivity index (χ4v) is 6.81. The summed E-state index contributed by atoms with van der Waals surface area (Å²) in [6.07, 6.45) is 5.10. The normalized spacial score (nSPS) is 27.5. The van der Waals surface area contributed by atoms with E-state index in [1.807, 2.05) is 24.3 Å². The average molecular weight is 436 g/mol. The van der Waals surface area contributed by atoms with Crippen molar-refractivity contribution in [1.82, 2.24) is 25.4 Å². The van der Waals surface area contributed by atoms with E-state index in [4.69, 9.17) is 0 Å². The first-order valence-corrected chi connectivity index (χ1v) is 11.8. The van der Waals surface area contributed by atoms with Gasteiger partial charge < -0.3 is 10.2 Å². The zero-order valence-corrected chi connectivity index (χ0v) is 18.3. The number of benzene rings is 1. The van der Waals surface area contributed by atoms with E-state index >= 15 is 0 Å². The number of carbonyl (C=O) groups is 1. The molecule has 0 saturated heterocycles. The number of amides is 1. The molecule has 160 valence electrons. The molecule has 1 amide bonds. The summed E-state index contributed by atoms with van der Waals surface area (Å²) in [5, 5.41) is 12.5. The number of fused-ring (bicyclic) bond motifs is 2. The number of thiazole rings is 1. The van der Waals surface area contributed by atoms with Gasteiger partial charge in [-0.15, -0.1) is 11.3 Å². The highest BCUT2D eigenvalue weighted by molar-refractivity contribution is 7.13. The number of nitrogens with one attached hydrogen (secondary N) is 2. The Kier molecular flexibility index (Phi) is 4.30. The maximum absolute atomic E-state index is 12.7. The number of H-pyrrole nitrogens is 1. The van der Waals surface area contributed by atoms with Crippen LogP contribution in [0.25, 0.3) is 10.8 Å². The van der Waals surface area contributed by atoms with E-state index in [0.29, 0.717) is 21.7 Å². The SMILES string of the molecule is CN1CCc2nc(C(=O)N[C@H]3CC4(C3)C[C@H](c3n[nH]c(=O)c5ccccc53)C4)sc2C1. The number of aromatic nitrogens is 3. The summed E-state index contributed by atoms with van der Waals surface area (Å²) in [7, 11) is 2.10. The first kappa shape index (κ1) is 19.1. The van der Waals surface area contributed by atoms with Crippen molar-refractivity contribution in [2.75, 3.05) is 13.6 Å². The lowest BCUT2D eigenvalue weighted by Gasteiger charge is -2.57.